The third-order valence-corrected chi connectivity index (χ3v) is 5.46. The van der Waals surface area contributed by atoms with E-state index in [-0.39, 0.29) is 12.2 Å². The summed E-state index contributed by atoms with van der Waals surface area (Å²) in [5.74, 6) is 1.68. The minimum atomic E-state index is 0.137. The van der Waals surface area contributed by atoms with Crippen LogP contribution in [0.5, 0.6) is 11.5 Å². The van der Waals surface area contributed by atoms with Crippen molar-refractivity contribution >= 4 is 33.6 Å². The second-order valence-electron chi connectivity index (χ2n) is 7.41. The molecule has 5 heteroatoms. The first-order valence-electron chi connectivity index (χ1n) is 9.78. The van der Waals surface area contributed by atoms with E-state index in [0.29, 0.717) is 0 Å². The molecule has 0 aliphatic carbocycles. The first kappa shape index (κ1) is 19.5. The molecule has 0 saturated heterocycles. The van der Waals surface area contributed by atoms with E-state index < -0.39 is 0 Å². The molecule has 148 valence electrons. The summed E-state index contributed by atoms with van der Waals surface area (Å²) < 4.78 is 11.6. The summed E-state index contributed by atoms with van der Waals surface area (Å²) in [4.78, 5) is 11.4. The Morgan fingerprint density at radius 1 is 0.655 bits per heavy atom. The van der Waals surface area contributed by atoms with Crippen LogP contribution in [0.1, 0.15) is 27.7 Å². The zero-order chi connectivity index (χ0) is 20.4. The highest BCUT2D eigenvalue weighted by molar-refractivity contribution is 7.99. The van der Waals surface area contributed by atoms with Crippen LogP contribution in [-0.2, 0) is 0 Å². The Morgan fingerprint density at radius 3 is 1.52 bits per heavy atom. The topological polar surface area (TPSA) is 44.2 Å². The van der Waals surface area contributed by atoms with Crippen molar-refractivity contribution < 1.29 is 9.47 Å². The van der Waals surface area contributed by atoms with Crippen molar-refractivity contribution in [1.29, 1.82) is 0 Å². The van der Waals surface area contributed by atoms with Gasteiger partial charge in [-0.2, -0.15) is 0 Å². The molecule has 2 heterocycles. The Balaban J connectivity index is 1.70. The number of hydrogen-bond acceptors (Lipinski definition) is 5. The summed E-state index contributed by atoms with van der Waals surface area (Å²) in [6.45, 7) is 8.10. The fraction of sp³-hybridized carbons (Fsp3) is 0.250. The number of hydrogen-bond donors (Lipinski definition) is 0. The molecule has 0 aliphatic rings. The molecule has 0 spiro atoms. The van der Waals surface area contributed by atoms with Gasteiger partial charge >= 0.3 is 0 Å². The molecule has 4 nitrogen and oxygen atoms in total. The average Bonchev–Trinajstić information content (AvgIpc) is 2.67. The zero-order valence-electron chi connectivity index (χ0n) is 17.0. The molecule has 0 aliphatic heterocycles. The molecule has 0 radical (unpaired) electrons. The number of rotatable bonds is 6. The monoisotopic (exact) mass is 404 g/mol. The Kier molecular flexibility index (Phi) is 5.58. The van der Waals surface area contributed by atoms with Gasteiger partial charge in [0.05, 0.1) is 23.2 Å². The van der Waals surface area contributed by atoms with Crippen molar-refractivity contribution in [2.75, 3.05) is 0 Å². The van der Waals surface area contributed by atoms with Gasteiger partial charge in [0.2, 0.25) is 0 Å². The Labute approximate surface area is 175 Å². The minimum absolute atomic E-state index is 0.137. The fourth-order valence-corrected chi connectivity index (χ4v) is 4.25. The molecule has 0 bridgehead atoms. The Hall–Kier alpha value is -2.79. The van der Waals surface area contributed by atoms with Crippen LogP contribution in [0, 0.1) is 0 Å². The summed E-state index contributed by atoms with van der Waals surface area (Å²) in [7, 11) is 0. The fourth-order valence-electron chi connectivity index (χ4n) is 3.19. The molecule has 0 amide bonds. The largest absolute Gasteiger partial charge is 0.491 e. The van der Waals surface area contributed by atoms with Gasteiger partial charge in [-0.15, -0.1) is 0 Å². The molecule has 4 rings (SSSR count). The van der Waals surface area contributed by atoms with Crippen LogP contribution >= 0.6 is 11.8 Å². The van der Waals surface area contributed by atoms with Gasteiger partial charge in [-0.1, -0.05) is 11.8 Å². The second kappa shape index (κ2) is 8.29. The smallest absolute Gasteiger partial charge is 0.121 e. The first-order valence-corrected chi connectivity index (χ1v) is 10.6. The van der Waals surface area contributed by atoms with Crippen molar-refractivity contribution in [2.24, 2.45) is 0 Å². The van der Waals surface area contributed by atoms with Crippen LogP contribution in [0.25, 0.3) is 21.8 Å². The summed E-state index contributed by atoms with van der Waals surface area (Å²) in [5.41, 5.74) is 1.86. The molecule has 2 aromatic heterocycles. The maximum atomic E-state index is 5.81. The van der Waals surface area contributed by atoms with E-state index in [9.17, 15) is 0 Å². The normalized spacial score (nSPS) is 11.5. The standard InChI is InChI=1S/C24H24N2O2S/c1-15(2)27-17-5-7-19-21(13-17)25-11-9-23(19)29-24-10-12-26-22-14-18(28-16(3)4)6-8-20(22)24/h5-16H,1-4H3. The van der Waals surface area contributed by atoms with E-state index in [1.165, 1.54) is 0 Å². The molecule has 0 fully saturated rings. The van der Waals surface area contributed by atoms with Crippen molar-refractivity contribution in [3.05, 3.63) is 60.9 Å². The Morgan fingerprint density at radius 2 is 1.10 bits per heavy atom. The number of ether oxygens (including phenoxy) is 2. The van der Waals surface area contributed by atoms with E-state index >= 15 is 0 Å². The van der Waals surface area contributed by atoms with E-state index in [2.05, 4.69) is 34.2 Å². The van der Waals surface area contributed by atoms with E-state index in [1.807, 2.05) is 64.4 Å². The van der Waals surface area contributed by atoms with E-state index in [1.54, 1.807) is 11.8 Å². The van der Waals surface area contributed by atoms with E-state index in [4.69, 9.17) is 9.47 Å². The van der Waals surface area contributed by atoms with Crippen LogP contribution < -0.4 is 9.47 Å². The van der Waals surface area contributed by atoms with Gasteiger partial charge < -0.3 is 9.47 Å². The highest BCUT2D eigenvalue weighted by atomic mass is 32.2. The third-order valence-electron chi connectivity index (χ3n) is 4.31. The van der Waals surface area contributed by atoms with Gasteiger partial charge in [-0.05, 0) is 64.1 Å². The maximum absolute atomic E-state index is 5.81. The van der Waals surface area contributed by atoms with Crippen LogP contribution in [0.15, 0.2) is 70.7 Å². The van der Waals surface area contributed by atoms with Crippen molar-refractivity contribution in [1.82, 2.24) is 9.97 Å². The minimum Gasteiger partial charge on any atom is -0.491 e. The van der Waals surface area contributed by atoms with Crippen molar-refractivity contribution in [3.63, 3.8) is 0 Å². The van der Waals surface area contributed by atoms with Gasteiger partial charge in [0.1, 0.15) is 11.5 Å². The maximum Gasteiger partial charge on any atom is 0.121 e. The molecule has 0 unspecified atom stereocenters. The van der Waals surface area contributed by atoms with Gasteiger partial charge in [0.25, 0.3) is 0 Å². The summed E-state index contributed by atoms with van der Waals surface area (Å²) in [6.07, 6.45) is 3.97. The highest BCUT2D eigenvalue weighted by Crippen LogP contribution is 2.37. The molecular formula is C24H24N2O2S. The average molecular weight is 405 g/mol. The molecule has 0 atom stereocenters. The van der Waals surface area contributed by atoms with Crippen LogP contribution in [0.2, 0.25) is 0 Å². The Bertz CT molecular complexity index is 1070. The van der Waals surface area contributed by atoms with Crippen LogP contribution in [-0.4, -0.2) is 22.2 Å². The quantitative estimate of drug-likeness (QED) is 0.366. The van der Waals surface area contributed by atoms with E-state index in [0.717, 1.165) is 43.1 Å². The highest BCUT2D eigenvalue weighted by Gasteiger charge is 2.10. The SMILES string of the molecule is CC(C)Oc1ccc2c(Sc3ccnc4cc(OC(C)C)ccc34)ccnc2c1. The summed E-state index contributed by atoms with van der Waals surface area (Å²) >= 11 is 1.72. The first-order chi connectivity index (χ1) is 14.0. The lowest BCUT2D eigenvalue weighted by Crippen LogP contribution is -2.05. The molecular weight excluding hydrogens is 380 g/mol. The number of pyridine rings is 2. The number of fused-ring (bicyclic) bond motifs is 2. The molecule has 0 saturated carbocycles. The van der Waals surface area contributed by atoms with Crippen LogP contribution in [0.3, 0.4) is 0 Å². The molecule has 2 aromatic carbocycles. The predicted molar refractivity (Wildman–Crippen MR) is 119 cm³/mol. The molecule has 0 N–H and O–H groups in total. The van der Waals surface area contributed by atoms with Crippen molar-refractivity contribution in [3.8, 4) is 11.5 Å². The third kappa shape index (κ3) is 4.46. The summed E-state index contributed by atoms with van der Waals surface area (Å²) in [5, 5.41) is 2.22. The summed E-state index contributed by atoms with van der Waals surface area (Å²) in [6, 6.07) is 16.3. The van der Waals surface area contributed by atoms with Gasteiger partial charge in [-0.3, -0.25) is 9.97 Å². The van der Waals surface area contributed by atoms with Gasteiger partial charge in [0.15, 0.2) is 0 Å². The predicted octanol–water partition coefficient (Wildman–Crippen LogP) is 6.51. The number of nitrogens with zero attached hydrogens (tertiary/aromatic N) is 2. The van der Waals surface area contributed by atoms with Crippen LogP contribution in [0.4, 0.5) is 0 Å². The lowest BCUT2D eigenvalue weighted by molar-refractivity contribution is 0.242. The molecule has 29 heavy (non-hydrogen) atoms. The lowest BCUT2D eigenvalue weighted by atomic mass is 10.2. The van der Waals surface area contributed by atoms with Gasteiger partial charge in [0, 0.05) is 45.1 Å². The van der Waals surface area contributed by atoms with Gasteiger partial charge in [-0.25, -0.2) is 0 Å². The molecule has 4 aromatic rings. The number of aromatic nitrogens is 2. The second-order valence-corrected chi connectivity index (χ2v) is 8.50. The number of benzene rings is 2. The zero-order valence-corrected chi connectivity index (χ0v) is 17.9. The lowest BCUT2D eigenvalue weighted by Gasteiger charge is -2.13. The van der Waals surface area contributed by atoms with Crippen molar-refractivity contribution in [2.45, 2.75) is 49.7 Å².